The van der Waals surface area contributed by atoms with Crippen LogP contribution in [0.1, 0.15) is 34.8 Å². The van der Waals surface area contributed by atoms with E-state index < -0.39 is 17.5 Å². The average Bonchev–Trinajstić information content (AvgIpc) is 2.73. The molecule has 0 bridgehead atoms. The normalized spacial score (nSPS) is 15.7. The van der Waals surface area contributed by atoms with Gasteiger partial charge in [-0.3, -0.25) is 9.59 Å². The minimum Gasteiger partial charge on any atom is -0.354 e. The van der Waals surface area contributed by atoms with Crippen molar-refractivity contribution in [3.8, 4) is 0 Å². The highest BCUT2D eigenvalue weighted by Crippen LogP contribution is 2.22. The van der Waals surface area contributed by atoms with Crippen LogP contribution in [-0.2, 0) is 4.79 Å². The molecule has 1 heterocycles. The Labute approximate surface area is 179 Å². The predicted octanol–water partition coefficient (Wildman–Crippen LogP) is 3.38. The summed E-state index contributed by atoms with van der Waals surface area (Å²) in [5.74, 6) is -2.85. The van der Waals surface area contributed by atoms with E-state index in [0.29, 0.717) is 38.5 Å². The zero-order chi connectivity index (χ0) is 22.5. The van der Waals surface area contributed by atoms with E-state index >= 15 is 0 Å². The fourth-order valence-electron chi connectivity index (χ4n) is 3.83. The maximum Gasteiger partial charge on any atom is 0.256 e. The summed E-state index contributed by atoms with van der Waals surface area (Å²) < 4.78 is 40.5. The number of hydrogen-bond donors (Lipinski definition) is 1. The van der Waals surface area contributed by atoms with Crippen molar-refractivity contribution in [1.29, 1.82) is 0 Å². The van der Waals surface area contributed by atoms with Crippen molar-refractivity contribution in [1.82, 2.24) is 15.1 Å². The zero-order valence-electron chi connectivity index (χ0n) is 17.6. The highest BCUT2D eigenvalue weighted by molar-refractivity contribution is 5.94. The van der Waals surface area contributed by atoms with Crippen molar-refractivity contribution >= 4 is 11.8 Å². The number of piperidine rings is 1. The van der Waals surface area contributed by atoms with Gasteiger partial charge >= 0.3 is 0 Å². The van der Waals surface area contributed by atoms with Gasteiger partial charge in [-0.1, -0.05) is 12.1 Å². The first-order valence-electron chi connectivity index (χ1n) is 10.2. The number of nitrogens with one attached hydrogen (secondary N) is 1. The number of hydrogen-bond acceptors (Lipinski definition) is 3. The fraction of sp³-hybridized carbons (Fsp3) is 0.391. The molecule has 1 N–H and O–H groups in total. The van der Waals surface area contributed by atoms with E-state index in [1.165, 1.54) is 17.0 Å². The molecule has 1 unspecified atom stereocenters. The molecule has 0 spiro atoms. The second kappa shape index (κ2) is 9.96. The number of carbonyl (C=O) groups excluding carboxylic acids is 2. The Morgan fingerprint density at radius 1 is 1.06 bits per heavy atom. The Morgan fingerprint density at radius 3 is 2.35 bits per heavy atom. The summed E-state index contributed by atoms with van der Waals surface area (Å²) >= 11 is 0. The van der Waals surface area contributed by atoms with Gasteiger partial charge in [0.2, 0.25) is 5.91 Å². The number of carbonyl (C=O) groups is 2. The Balaban J connectivity index is 1.54. The molecule has 0 radical (unpaired) electrons. The van der Waals surface area contributed by atoms with Crippen LogP contribution < -0.4 is 5.32 Å². The second-order valence-corrected chi connectivity index (χ2v) is 7.97. The molecule has 0 aromatic heterocycles. The first kappa shape index (κ1) is 22.8. The van der Waals surface area contributed by atoms with Crippen molar-refractivity contribution in [2.45, 2.75) is 18.9 Å². The smallest absolute Gasteiger partial charge is 0.256 e. The van der Waals surface area contributed by atoms with E-state index in [1.54, 1.807) is 6.07 Å². The molecule has 1 fully saturated rings. The van der Waals surface area contributed by atoms with Crippen LogP contribution >= 0.6 is 0 Å². The number of benzene rings is 2. The second-order valence-electron chi connectivity index (χ2n) is 7.97. The third-order valence-electron chi connectivity index (χ3n) is 5.64. The predicted molar refractivity (Wildman–Crippen MR) is 111 cm³/mol. The molecule has 1 aliphatic heterocycles. The lowest BCUT2D eigenvalue weighted by atomic mass is 9.95. The van der Waals surface area contributed by atoms with E-state index in [-0.39, 0.29) is 29.2 Å². The quantitative estimate of drug-likeness (QED) is 0.760. The zero-order valence-corrected chi connectivity index (χ0v) is 17.6. The highest BCUT2D eigenvalue weighted by Gasteiger charge is 2.29. The molecule has 1 atom stereocenters. The molecule has 1 aliphatic rings. The van der Waals surface area contributed by atoms with Crippen LogP contribution in [0, 0.1) is 23.4 Å². The SMILES string of the molecule is CN(C)C(CNC(=O)C1CCN(C(=O)c2ccc(F)cc2F)CC1)c1cccc(F)c1. The Kier molecular flexibility index (Phi) is 7.33. The third kappa shape index (κ3) is 5.64. The van der Waals surface area contributed by atoms with Gasteiger partial charge in [0, 0.05) is 31.6 Å². The molecule has 0 aliphatic carbocycles. The highest BCUT2D eigenvalue weighted by atomic mass is 19.1. The van der Waals surface area contributed by atoms with Gasteiger partial charge in [0.05, 0.1) is 11.6 Å². The molecule has 8 heteroatoms. The summed E-state index contributed by atoms with van der Waals surface area (Å²) in [6.45, 7) is 0.957. The van der Waals surface area contributed by atoms with Crippen LogP contribution in [0.25, 0.3) is 0 Å². The number of rotatable bonds is 6. The molecule has 3 rings (SSSR count). The molecule has 166 valence electrons. The van der Waals surface area contributed by atoms with Crippen LogP contribution in [0.15, 0.2) is 42.5 Å². The van der Waals surface area contributed by atoms with Gasteiger partial charge in [-0.2, -0.15) is 0 Å². The molecule has 0 saturated carbocycles. The van der Waals surface area contributed by atoms with Gasteiger partial charge in [0.1, 0.15) is 17.5 Å². The Morgan fingerprint density at radius 2 is 1.74 bits per heavy atom. The van der Waals surface area contributed by atoms with Crippen molar-refractivity contribution in [2.24, 2.45) is 5.92 Å². The van der Waals surface area contributed by atoms with Crippen LogP contribution in [0.3, 0.4) is 0 Å². The van der Waals surface area contributed by atoms with Gasteiger partial charge in [-0.15, -0.1) is 0 Å². The first-order valence-corrected chi connectivity index (χ1v) is 10.2. The van der Waals surface area contributed by atoms with Gasteiger partial charge in [-0.05, 0) is 56.8 Å². The topological polar surface area (TPSA) is 52.7 Å². The van der Waals surface area contributed by atoms with E-state index in [4.69, 9.17) is 0 Å². The van der Waals surface area contributed by atoms with Crippen molar-refractivity contribution in [2.75, 3.05) is 33.7 Å². The maximum absolute atomic E-state index is 13.9. The average molecular weight is 433 g/mol. The van der Waals surface area contributed by atoms with Crippen LogP contribution in [0.4, 0.5) is 13.2 Å². The molecular weight excluding hydrogens is 407 g/mol. The van der Waals surface area contributed by atoms with E-state index in [2.05, 4.69) is 5.32 Å². The standard InChI is InChI=1S/C23H26F3N3O2/c1-28(2)21(16-4-3-5-17(24)12-16)14-27-22(30)15-8-10-29(11-9-15)23(31)19-7-6-18(25)13-20(19)26/h3-7,12-13,15,21H,8-11,14H2,1-2H3,(H,27,30). The third-order valence-corrected chi connectivity index (χ3v) is 5.64. The number of likely N-dealkylation sites (tertiary alicyclic amines) is 1. The summed E-state index contributed by atoms with van der Waals surface area (Å²) in [7, 11) is 3.72. The van der Waals surface area contributed by atoms with Gasteiger partial charge in [-0.25, -0.2) is 13.2 Å². The van der Waals surface area contributed by atoms with Gasteiger partial charge in [0.15, 0.2) is 0 Å². The summed E-state index contributed by atoms with van der Waals surface area (Å²) in [4.78, 5) is 28.6. The number of nitrogens with zero attached hydrogens (tertiary/aromatic N) is 2. The van der Waals surface area contributed by atoms with E-state index in [0.717, 1.165) is 17.7 Å². The number of likely N-dealkylation sites (N-methyl/N-ethyl adjacent to an activating group) is 1. The van der Waals surface area contributed by atoms with Crippen LogP contribution in [0.2, 0.25) is 0 Å². The largest absolute Gasteiger partial charge is 0.354 e. The summed E-state index contributed by atoms with van der Waals surface area (Å²) in [6.07, 6.45) is 0.903. The van der Waals surface area contributed by atoms with Crippen molar-refractivity contribution in [3.05, 3.63) is 71.0 Å². The molecule has 2 amide bonds. The minimum atomic E-state index is -0.892. The molecule has 2 aromatic carbocycles. The van der Waals surface area contributed by atoms with Gasteiger partial charge in [0.25, 0.3) is 5.91 Å². The fourth-order valence-corrected chi connectivity index (χ4v) is 3.83. The number of halogens is 3. The molecule has 2 aromatic rings. The Hall–Kier alpha value is -2.87. The van der Waals surface area contributed by atoms with E-state index in [9.17, 15) is 22.8 Å². The van der Waals surface area contributed by atoms with Crippen LogP contribution in [0.5, 0.6) is 0 Å². The van der Waals surface area contributed by atoms with Crippen LogP contribution in [-0.4, -0.2) is 55.3 Å². The summed E-state index contributed by atoms with van der Waals surface area (Å²) in [6, 6.07) is 8.99. The number of amides is 2. The molecule has 5 nitrogen and oxygen atoms in total. The van der Waals surface area contributed by atoms with E-state index in [1.807, 2.05) is 25.1 Å². The van der Waals surface area contributed by atoms with Gasteiger partial charge < -0.3 is 15.1 Å². The first-order chi connectivity index (χ1) is 14.8. The van der Waals surface area contributed by atoms with Crippen molar-refractivity contribution in [3.63, 3.8) is 0 Å². The molecule has 1 saturated heterocycles. The lowest BCUT2D eigenvalue weighted by Crippen LogP contribution is -2.44. The minimum absolute atomic E-state index is 0.122. The lowest BCUT2D eigenvalue weighted by molar-refractivity contribution is -0.126. The lowest BCUT2D eigenvalue weighted by Gasteiger charge is -2.32. The summed E-state index contributed by atoms with van der Waals surface area (Å²) in [5.41, 5.74) is 0.597. The van der Waals surface area contributed by atoms with Crippen molar-refractivity contribution < 1.29 is 22.8 Å². The molecular formula is C23H26F3N3O2. The summed E-state index contributed by atoms with van der Waals surface area (Å²) in [5, 5.41) is 2.93. The monoisotopic (exact) mass is 433 g/mol. The maximum atomic E-state index is 13.9. The Bertz CT molecular complexity index is 943. The molecule has 31 heavy (non-hydrogen) atoms.